The highest BCUT2D eigenvalue weighted by atomic mass is 15.0. The lowest BCUT2D eigenvalue weighted by Crippen LogP contribution is -2.50. The number of hydrogen-bond donors (Lipinski definition) is 2. The summed E-state index contributed by atoms with van der Waals surface area (Å²) >= 11 is 0. The molecule has 0 aliphatic heterocycles. The van der Waals surface area contributed by atoms with E-state index in [0.29, 0.717) is 22.9 Å². The third kappa shape index (κ3) is 8.26. The van der Waals surface area contributed by atoms with E-state index in [1.807, 2.05) is 0 Å². The zero-order valence-corrected chi connectivity index (χ0v) is 14.8. The van der Waals surface area contributed by atoms with E-state index in [4.69, 9.17) is 0 Å². The highest BCUT2D eigenvalue weighted by molar-refractivity contribution is 4.87. The van der Waals surface area contributed by atoms with Crippen LogP contribution in [0.3, 0.4) is 0 Å². The summed E-state index contributed by atoms with van der Waals surface area (Å²) in [6.45, 7) is 16.3. The van der Waals surface area contributed by atoms with Crippen molar-refractivity contribution in [1.82, 2.24) is 10.6 Å². The van der Waals surface area contributed by atoms with E-state index in [1.165, 1.54) is 38.5 Å². The summed E-state index contributed by atoms with van der Waals surface area (Å²) in [7, 11) is 0. The van der Waals surface area contributed by atoms with Crippen LogP contribution < -0.4 is 10.6 Å². The van der Waals surface area contributed by atoms with E-state index in [2.05, 4.69) is 52.2 Å². The highest BCUT2D eigenvalue weighted by Gasteiger charge is 2.25. The van der Waals surface area contributed by atoms with Crippen molar-refractivity contribution in [3.05, 3.63) is 0 Å². The van der Waals surface area contributed by atoms with Gasteiger partial charge in [-0.1, -0.05) is 54.4 Å². The third-order valence-electron chi connectivity index (χ3n) is 4.33. The van der Waals surface area contributed by atoms with Crippen LogP contribution in [-0.2, 0) is 0 Å². The molecule has 1 aliphatic carbocycles. The SMILES string of the molecule is CC(C)(C)CCN[C@H]1CCCC[C@H]1NCCC(C)(C)C. The monoisotopic (exact) mass is 282 g/mol. The lowest BCUT2D eigenvalue weighted by molar-refractivity contribution is 0.257. The molecule has 2 heteroatoms. The Balaban J connectivity index is 2.30. The van der Waals surface area contributed by atoms with Gasteiger partial charge in [0.25, 0.3) is 0 Å². The van der Waals surface area contributed by atoms with Gasteiger partial charge in [-0.2, -0.15) is 0 Å². The van der Waals surface area contributed by atoms with E-state index in [9.17, 15) is 0 Å². The van der Waals surface area contributed by atoms with Crippen molar-refractivity contribution in [2.24, 2.45) is 10.8 Å². The van der Waals surface area contributed by atoms with E-state index < -0.39 is 0 Å². The maximum Gasteiger partial charge on any atom is 0.0221 e. The minimum Gasteiger partial charge on any atom is -0.312 e. The molecule has 0 aromatic carbocycles. The average molecular weight is 283 g/mol. The van der Waals surface area contributed by atoms with Crippen LogP contribution in [0, 0.1) is 10.8 Å². The van der Waals surface area contributed by atoms with Crippen molar-refractivity contribution in [3.63, 3.8) is 0 Å². The topological polar surface area (TPSA) is 24.1 Å². The highest BCUT2D eigenvalue weighted by Crippen LogP contribution is 2.22. The lowest BCUT2D eigenvalue weighted by atomic mass is 9.88. The van der Waals surface area contributed by atoms with Gasteiger partial charge in [-0.25, -0.2) is 0 Å². The Morgan fingerprint density at radius 1 is 0.700 bits per heavy atom. The van der Waals surface area contributed by atoms with Gasteiger partial charge in [0.05, 0.1) is 0 Å². The number of nitrogens with one attached hydrogen (secondary N) is 2. The first-order valence-corrected chi connectivity index (χ1v) is 8.64. The van der Waals surface area contributed by atoms with Crippen molar-refractivity contribution in [2.45, 2.75) is 92.2 Å². The predicted octanol–water partition coefficient (Wildman–Crippen LogP) is 4.35. The molecule has 0 bridgehead atoms. The van der Waals surface area contributed by atoms with E-state index in [-0.39, 0.29) is 0 Å². The molecular weight excluding hydrogens is 244 g/mol. The molecule has 2 nitrogen and oxygen atoms in total. The molecule has 0 radical (unpaired) electrons. The summed E-state index contributed by atoms with van der Waals surface area (Å²) < 4.78 is 0. The number of rotatable bonds is 6. The van der Waals surface area contributed by atoms with Crippen LogP contribution in [0.5, 0.6) is 0 Å². The molecule has 1 fully saturated rings. The lowest BCUT2D eigenvalue weighted by Gasteiger charge is -2.34. The van der Waals surface area contributed by atoms with Gasteiger partial charge in [0, 0.05) is 12.1 Å². The molecule has 1 saturated carbocycles. The maximum absolute atomic E-state index is 3.81. The molecule has 1 rings (SSSR count). The van der Waals surface area contributed by atoms with Crippen LogP contribution in [0.15, 0.2) is 0 Å². The second-order valence-corrected chi connectivity index (χ2v) is 9.03. The van der Waals surface area contributed by atoms with E-state index in [1.54, 1.807) is 0 Å². The molecule has 0 heterocycles. The van der Waals surface area contributed by atoms with Crippen LogP contribution in [-0.4, -0.2) is 25.2 Å². The summed E-state index contributed by atoms with van der Waals surface area (Å²) in [5, 5.41) is 7.63. The summed E-state index contributed by atoms with van der Waals surface area (Å²) in [4.78, 5) is 0. The normalized spacial score (nSPS) is 24.9. The molecule has 0 unspecified atom stereocenters. The molecule has 0 aromatic rings. The summed E-state index contributed by atoms with van der Waals surface area (Å²) in [6.07, 6.45) is 8.00. The largest absolute Gasteiger partial charge is 0.312 e. The minimum atomic E-state index is 0.441. The first-order chi connectivity index (χ1) is 9.17. The van der Waals surface area contributed by atoms with Crippen LogP contribution in [0.25, 0.3) is 0 Å². The Hall–Kier alpha value is -0.0800. The molecule has 1 aliphatic rings. The fourth-order valence-electron chi connectivity index (χ4n) is 2.88. The van der Waals surface area contributed by atoms with Crippen molar-refractivity contribution < 1.29 is 0 Å². The van der Waals surface area contributed by atoms with Crippen LogP contribution in [0.4, 0.5) is 0 Å². The van der Waals surface area contributed by atoms with E-state index in [0.717, 1.165) is 13.1 Å². The van der Waals surface area contributed by atoms with Crippen molar-refractivity contribution in [2.75, 3.05) is 13.1 Å². The van der Waals surface area contributed by atoms with Crippen molar-refractivity contribution in [3.8, 4) is 0 Å². The molecule has 2 N–H and O–H groups in total. The molecular formula is C18H38N2. The van der Waals surface area contributed by atoms with Crippen LogP contribution >= 0.6 is 0 Å². The zero-order chi connectivity index (χ0) is 15.2. The summed E-state index contributed by atoms with van der Waals surface area (Å²) in [5.41, 5.74) is 0.883. The number of hydrogen-bond acceptors (Lipinski definition) is 2. The Bertz CT molecular complexity index is 232. The second kappa shape index (κ2) is 7.79. The predicted molar refractivity (Wildman–Crippen MR) is 90.2 cm³/mol. The van der Waals surface area contributed by atoms with Gasteiger partial charge in [0.2, 0.25) is 0 Å². The van der Waals surface area contributed by atoms with Gasteiger partial charge in [0.15, 0.2) is 0 Å². The van der Waals surface area contributed by atoms with Crippen molar-refractivity contribution >= 4 is 0 Å². The fraction of sp³-hybridized carbons (Fsp3) is 1.00. The zero-order valence-electron chi connectivity index (χ0n) is 14.8. The molecule has 2 atom stereocenters. The quantitative estimate of drug-likeness (QED) is 0.757. The maximum atomic E-state index is 3.81. The Labute approximate surface area is 127 Å². The van der Waals surface area contributed by atoms with Gasteiger partial charge in [-0.05, 0) is 49.6 Å². The molecule has 20 heavy (non-hydrogen) atoms. The standard InChI is InChI=1S/C18H38N2/c1-17(2,3)11-13-19-15-9-7-8-10-16(15)20-14-12-18(4,5)6/h15-16,19-20H,7-14H2,1-6H3/t15-,16+. The fourth-order valence-corrected chi connectivity index (χ4v) is 2.88. The molecule has 0 spiro atoms. The van der Waals surface area contributed by atoms with Gasteiger partial charge >= 0.3 is 0 Å². The first kappa shape index (κ1) is 18.0. The molecule has 0 saturated heterocycles. The van der Waals surface area contributed by atoms with Gasteiger partial charge in [-0.15, -0.1) is 0 Å². The Morgan fingerprint density at radius 2 is 1.05 bits per heavy atom. The van der Waals surface area contributed by atoms with Crippen LogP contribution in [0.1, 0.15) is 80.1 Å². The van der Waals surface area contributed by atoms with Crippen LogP contribution in [0.2, 0.25) is 0 Å². The Morgan fingerprint density at radius 3 is 1.35 bits per heavy atom. The van der Waals surface area contributed by atoms with Gasteiger partial charge in [0.1, 0.15) is 0 Å². The van der Waals surface area contributed by atoms with Gasteiger partial charge < -0.3 is 10.6 Å². The van der Waals surface area contributed by atoms with Crippen molar-refractivity contribution in [1.29, 1.82) is 0 Å². The second-order valence-electron chi connectivity index (χ2n) is 9.03. The minimum absolute atomic E-state index is 0.441. The average Bonchev–Trinajstić information content (AvgIpc) is 2.28. The Kier molecular flexibility index (Phi) is 7.00. The third-order valence-corrected chi connectivity index (χ3v) is 4.33. The van der Waals surface area contributed by atoms with E-state index >= 15 is 0 Å². The first-order valence-electron chi connectivity index (χ1n) is 8.64. The molecule has 120 valence electrons. The summed E-state index contributed by atoms with van der Waals surface area (Å²) in [6, 6.07) is 1.37. The summed E-state index contributed by atoms with van der Waals surface area (Å²) in [5.74, 6) is 0. The molecule has 0 amide bonds. The molecule has 0 aromatic heterocycles. The smallest absolute Gasteiger partial charge is 0.0221 e. The van der Waals surface area contributed by atoms with Gasteiger partial charge in [-0.3, -0.25) is 0 Å².